The summed E-state index contributed by atoms with van der Waals surface area (Å²) in [7, 11) is 3.07. The number of rotatable bonds is 6. The summed E-state index contributed by atoms with van der Waals surface area (Å²) >= 11 is 1.32. The second-order valence-corrected chi connectivity index (χ2v) is 5.60. The number of halogens is 1. The summed E-state index contributed by atoms with van der Waals surface area (Å²) in [5.41, 5.74) is -0.0467. The lowest BCUT2D eigenvalue weighted by molar-refractivity contribution is -0.141. The number of methoxy groups -OCH3 is 1. The molecule has 19 heavy (non-hydrogen) atoms. The van der Waals surface area contributed by atoms with E-state index >= 15 is 0 Å². The normalized spacial score (nSPS) is 15.9. The van der Waals surface area contributed by atoms with Gasteiger partial charge in [-0.25, -0.2) is 14.4 Å². The molecule has 1 saturated carbocycles. The van der Waals surface area contributed by atoms with Crippen molar-refractivity contribution < 1.29 is 13.9 Å². The van der Waals surface area contributed by atoms with E-state index in [1.165, 1.54) is 18.9 Å². The van der Waals surface area contributed by atoms with Gasteiger partial charge in [-0.05, 0) is 18.3 Å². The van der Waals surface area contributed by atoms with Crippen LogP contribution in [0, 0.1) is 11.2 Å². The van der Waals surface area contributed by atoms with Crippen molar-refractivity contribution in [3.63, 3.8) is 0 Å². The highest BCUT2D eigenvalue weighted by atomic mass is 32.2. The molecule has 0 aliphatic heterocycles. The van der Waals surface area contributed by atoms with E-state index in [1.807, 2.05) is 0 Å². The number of hydrogen-bond donors (Lipinski definition) is 1. The largest absolute Gasteiger partial charge is 0.469 e. The van der Waals surface area contributed by atoms with Gasteiger partial charge in [0.1, 0.15) is 5.03 Å². The van der Waals surface area contributed by atoms with E-state index < -0.39 is 5.82 Å². The number of nitrogens with one attached hydrogen (secondary N) is 1. The highest BCUT2D eigenvalue weighted by Crippen LogP contribution is 2.52. The monoisotopic (exact) mass is 285 g/mol. The van der Waals surface area contributed by atoms with Gasteiger partial charge in [-0.15, -0.1) is 11.8 Å². The highest BCUT2D eigenvalue weighted by Gasteiger charge is 2.44. The van der Waals surface area contributed by atoms with Crippen LogP contribution in [0.15, 0.2) is 11.2 Å². The van der Waals surface area contributed by atoms with Gasteiger partial charge in [0.25, 0.3) is 0 Å². The Labute approximate surface area is 115 Å². The molecule has 0 spiro atoms. The molecule has 7 heteroatoms. The Hall–Kier alpha value is -1.37. The number of aromatic nitrogens is 2. The molecule has 1 fully saturated rings. The number of nitrogens with zero attached hydrogens (tertiary/aromatic N) is 2. The van der Waals surface area contributed by atoms with Gasteiger partial charge in [0, 0.05) is 12.8 Å². The second-order valence-electron chi connectivity index (χ2n) is 4.64. The van der Waals surface area contributed by atoms with Crippen molar-refractivity contribution in [2.75, 3.05) is 25.2 Å². The summed E-state index contributed by atoms with van der Waals surface area (Å²) in [4.78, 5) is 19.2. The zero-order valence-electron chi connectivity index (χ0n) is 10.9. The van der Waals surface area contributed by atoms with E-state index in [2.05, 4.69) is 20.0 Å². The first-order valence-electron chi connectivity index (χ1n) is 5.98. The molecular formula is C12H16FN3O2S. The van der Waals surface area contributed by atoms with Gasteiger partial charge in [0.2, 0.25) is 5.95 Å². The maximum Gasteiger partial charge on any atom is 0.306 e. The van der Waals surface area contributed by atoms with E-state index in [0.29, 0.717) is 23.1 Å². The van der Waals surface area contributed by atoms with Gasteiger partial charge < -0.3 is 10.1 Å². The summed E-state index contributed by atoms with van der Waals surface area (Å²) in [6.45, 7) is 0. The smallest absolute Gasteiger partial charge is 0.306 e. The Morgan fingerprint density at radius 1 is 1.63 bits per heavy atom. The second kappa shape index (κ2) is 5.73. The Morgan fingerprint density at radius 3 is 2.95 bits per heavy atom. The molecule has 0 unspecified atom stereocenters. The van der Waals surface area contributed by atoms with Gasteiger partial charge in [-0.1, -0.05) is 0 Å². The number of thioether (sulfide) groups is 1. The number of esters is 1. The van der Waals surface area contributed by atoms with Crippen LogP contribution in [0.1, 0.15) is 19.3 Å². The van der Waals surface area contributed by atoms with E-state index in [-0.39, 0.29) is 11.4 Å². The van der Waals surface area contributed by atoms with Crippen molar-refractivity contribution in [2.45, 2.75) is 24.3 Å². The van der Waals surface area contributed by atoms with Crippen LogP contribution < -0.4 is 5.32 Å². The minimum Gasteiger partial charge on any atom is -0.469 e. The molecule has 0 atom stereocenters. The molecule has 5 nitrogen and oxygen atoms in total. The third-order valence-corrected chi connectivity index (χ3v) is 4.47. The predicted octanol–water partition coefficient (Wildman–Crippen LogP) is 2.09. The topological polar surface area (TPSA) is 64.1 Å². The van der Waals surface area contributed by atoms with E-state index in [1.54, 1.807) is 7.05 Å². The van der Waals surface area contributed by atoms with Crippen LogP contribution in [0.25, 0.3) is 0 Å². The van der Waals surface area contributed by atoms with Crippen LogP contribution in [-0.2, 0) is 9.53 Å². The van der Waals surface area contributed by atoms with Crippen molar-refractivity contribution >= 4 is 23.7 Å². The van der Waals surface area contributed by atoms with Crippen LogP contribution in [0.5, 0.6) is 0 Å². The number of carbonyl (C=O) groups excluding carboxylic acids is 1. The number of carbonyl (C=O) groups is 1. The first kappa shape index (κ1) is 14.0. The number of hydrogen-bond acceptors (Lipinski definition) is 6. The van der Waals surface area contributed by atoms with Crippen LogP contribution in [-0.4, -0.2) is 35.8 Å². The molecule has 2 rings (SSSR count). The summed E-state index contributed by atoms with van der Waals surface area (Å²) < 4.78 is 18.2. The fourth-order valence-electron chi connectivity index (χ4n) is 1.72. The maximum absolute atomic E-state index is 13.6. The van der Waals surface area contributed by atoms with E-state index in [0.717, 1.165) is 19.0 Å². The highest BCUT2D eigenvalue weighted by molar-refractivity contribution is 7.99. The van der Waals surface area contributed by atoms with Crippen LogP contribution >= 0.6 is 11.8 Å². The Balaban J connectivity index is 1.97. The van der Waals surface area contributed by atoms with Crippen molar-refractivity contribution in [1.29, 1.82) is 0 Å². The summed E-state index contributed by atoms with van der Waals surface area (Å²) in [5, 5.41) is 3.09. The van der Waals surface area contributed by atoms with Gasteiger partial charge in [0.15, 0.2) is 5.82 Å². The van der Waals surface area contributed by atoms with Gasteiger partial charge in [0.05, 0.1) is 19.7 Å². The Kier molecular flexibility index (Phi) is 4.24. The average Bonchev–Trinajstić information content (AvgIpc) is 3.18. The minimum atomic E-state index is -0.433. The van der Waals surface area contributed by atoms with Crippen molar-refractivity contribution in [2.24, 2.45) is 5.41 Å². The van der Waals surface area contributed by atoms with Crippen molar-refractivity contribution in [3.8, 4) is 0 Å². The summed E-state index contributed by atoms with van der Waals surface area (Å²) in [6, 6.07) is 0. The zero-order valence-corrected chi connectivity index (χ0v) is 11.7. The lowest BCUT2D eigenvalue weighted by Gasteiger charge is -2.13. The van der Waals surface area contributed by atoms with E-state index in [9.17, 15) is 9.18 Å². The molecule has 1 aromatic rings. The number of anilines is 1. The predicted molar refractivity (Wildman–Crippen MR) is 70.6 cm³/mol. The zero-order chi connectivity index (χ0) is 13.9. The molecule has 1 heterocycles. The van der Waals surface area contributed by atoms with Crippen LogP contribution in [0.4, 0.5) is 10.3 Å². The molecule has 1 aliphatic carbocycles. The maximum atomic E-state index is 13.6. The molecule has 104 valence electrons. The lowest BCUT2D eigenvalue weighted by Crippen LogP contribution is -2.13. The third-order valence-electron chi connectivity index (χ3n) is 3.15. The number of ether oxygens (including phenoxy) is 1. The quantitative estimate of drug-likeness (QED) is 0.490. The molecular weight excluding hydrogens is 269 g/mol. The van der Waals surface area contributed by atoms with Crippen LogP contribution in [0.3, 0.4) is 0 Å². The fraction of sp³-hybridized carbons (Fsp3) is 0.583. The Bertz CT molecular complexity index is 480. The van der Waals surface area contributed by atoms with Crippen LogP contribution in [0.2, 0.25) is 0 Å². The van der Waals surface area contributed by atoms with Gasteiger partial charge in [-0.2, -0.15) is 0 Å². The molecule has 0 aromatic carbocycles. The van der Waals surface area contributed by atoms with E-state index in [4.69, 9.17) is 0 Å². The Morgan fingerprint density at radius 2 is 2.37 bits per heavy atom. The molecule has 1 aliphatic rings. The third kappa shape index (κ3) is 3.56. The lowest BCUT2D eigenvalue weighted by atomic mass is 10.1. The molecule has 1 N–H and O–H groups in total. The van der Waals surface area contributed by atoms with Crippen molar-refractivity contribution in [1.82, 2.24) is 9.97 Å². The average molecular weight is 285 g/mol. The van der Waals surface area contributed by atoms with Gasteiger partial charge >= 0.3 is 5.97 Å². The fourth-order valence-corrected chi connectivity index (χ4v) is 2.90. The molecule has 0 bridgehead atoms. The first-order valence-corrected chi connectivity index (χ1v) is 6.97. The summed E-state index contributed by atoms with van der Waals surface area (Å²) in [5.74, 6) is 0.413. The molecule has 0 amide bonds. The van der Waals surface area contributed by atoms with Gasteiger partial charge in [-0.3, -0.25) is 4.79 Å². The molecule has 1 aromatic heterocycles. The summed E-state index contributed by atoms with van der Waals surface area (Å²) in [6.07, 6.45) is 3.49. The minimum absolute atomic E-state index is 0.0467. The van der Waals surface area contributed by atoms with Crippen molar-refractivity contribution in [3.05, 3.63) is 12.0 Å². The first-order chi connectivity index (χ1) is 9.08. The molecule has 0 radical (unpaired) electrons. The standard InChI is InChI=1S/C12H16FN3O2S/c1-14-11-15-6-8(13)10(16-11)19-7-12(3-4-12)5-9(17)18-2/h6H,3-5,7H2,1-2H3,(H,14,15,16). The molecule has 0 saturated heterocycles. The SMILES string of the molecule is CNc1ncc(F)c(SCC2(CC(=O)OC)CC2)n1.